The lowest BCUT2D eigenvalue weighted by molar-refractivity contribution is -0.118. The van der Waals surface area contributed by atoms with Crippen molar-refractivity contribution in [1.29, 1.82) is 0 Å². The number of halogens is 1. The number of carbonyl (C=O) groups excluding carboxylic acids is 2. The molecule has 0 saturated heterocycles. The van der Waals surface area contributed by atoms with E-state index in [1.54, 1.807) is 13.1 Å². The molecule has 2 N–H and O–H groups in total. The van der Waals surface area contributed by atoms with Crippen molar-refractivity contribution in [1.82, 2.24) is 9.47 Å². The molecule has 6 heteroatoms. The Morgan fingerprint density at radius 3 is 2.76 bits per heavy atom. The first-order valence-electron chi connectivity index (χ1n) is 5.40. The topological polar surface area (TPSA) is 68.3 Å². The number of aromatic nitrogens is 1. The molecule has 0 atom stereocenters. The molecule has 0 spiro atoms. The molecule has 1 saturated carbocycles. The SMILES string of the molecule is CN(CC(N)=O)C(=O)c1cc(Br)cn1C1CC1. The lowest BCUT2D eigenvalue weighted by Crippen LogP contribution is -2.36. The quantitative estimate of drug-likeness (QED) is 0.906. The van der Waals surface area contributed by atoms with Crippen molar-refractivity contribution in [3.05, 3.63) is 22.4 Å². The summed E-state index contributed by atoms with van der Waals surface area (Å²) in [6.45, 7) is -0.0632. The van der Waals surface area contributed by atoms with Gasteiger partial charge in [0, 0.05) is 23.8 Å². The summed E-state index contributed by atoms with van der Waals surface area (Å²) in [4.78, 5) is 24.3. The average molecular weight is 300 g/mol. The number of hydrogen-bond acceptors (Lipinski definition) is 2. The monoisotopic (exact) mass is 299 g/mol. The van der Waals surface area contributed by atoms with Crippen LogP contribution in [0, 0.1) is 0 Å². The Bertz CT molecular complexity index is 465. The first-order chi connectivity index (χ1) is 7.99. The first kappa shape index (κ1) is 12.2. The van der Waals surface area contributed by atoms with Gasteiger partial charge in [-0.05, 0) is 34.8 Å². The third-order valence-corrected chi connectivity index (χ3v) is 3.15. The van der Waals surface area contributed by atoms with Gasteiger partial charge in [-0.15, -0.1) is 0 Å². The van der Waals surface area contributed by atoms with E-state index in [9.17, 15) is 9.59 Å². The maximum absolute atomic E-state index is 12.1. The van der Waals surface area contributed by atoms with Gasteiger partial charge in [0.1, 0.15) is 5.69 Å². The van der Waals surface area contributed by atoms with Crippen LogP contribution >= 0.6 is 15.9 Å². The molecule has 0 radical (unpaired) electrons. The molecule has 5 nitrogen and oxygen atoms in total. The zero-order valence-electron chi connectivity index (χ0n) is 9.52. The maximum Gasteiger partial charge on any atom is 0.270 e. The average Bonchev–Trinajstić information content (AvgIpc) is 3.00. The van der Waals surface area contributed by atoms with Crippen LogP contribution in [0.25, 0.3) is 0 Å². The second-order valence-electron chi connectivity index (χ2n) is 4.31. The van der Waals surface area contributed by atoms with Crippen LogP contribution < -0.4 is 5.73 Å². The highest BCUT2D eigenvalue weighted by atomic mass is 79.9. The van der Waals surface area contributed by atoms with Crippen molar-refractivity contribution in [2.75, 3.05) is 13.6 Å². The van der Waals surface area contributed by atoms with E-state index in [0.717, 1.165) is 17.3 Å². The molecule has 0 aromatic carbocycles. The Labute approximate surface area is 108 Å². The van der Waals surface area contributed by atoms with Gasteiger partial charge >= 0.3 is 0 Å². The molecular formula is C11H14BrN3O2. The van der Waals surface area contributed by atoms with Crippen molar-refractivity contribution < 1.29 is 9.59 Å². The van der Waals surface area contributed by atoms with Crippen LogP contribution in [0.1, 0.15) is 29.4 Å². The molecule has 1 aromatic heterocycles. The van der Waals surface area contributed by atoms with Crippen LogP contribution in [0.3, 0.4) is 0 Å². The molecule has 1 aliphatic carbocycles. The fraction of sp³-hybridized carbons (Fsp3) is 0.455. The summed E-state index contributed by atoms with van der Waals surface area (Å²) in [6.07, 6.45) is 4.10. The van der Waals surface area contributed by atoms with Crippen LogP contribution in [-0.2, 0) is 4.79 Å². The second kappa shape index (κ2) is 4.52. The van der Waals surface area contributed by atoms with Gasteiger partial charge < -0.3 is 15.2 Å². The van der Waals surface area contributed by atoms with E-state index in [1.807, 2.05) is 10.8 Å². The van der Waals surface area contributed by atoms with Crippen LogP contribution in [-0.4, -0.2) is 34.9 Å². The Balaban J connectivity index is 2.20. The molecule has 17 heavy (non-hydrogen) atoms. The van der Waals surface area contributed by atoms with E-state index in [1.165, 1.54) is 4.90 Å². The van der Waals surface area contributed by atoms with Gasteiger partial charge in [0.15, 0.2) is 0 Å². The van der Waals surface area contributed by atoms with E-state index in [4.69, 9.17) is 5.73 Å². The predicted octanol–water partition coefficient (Wildman–Crippen LogP) is 1.14. The van der Waals surface area contributed by atoms with Gasteiger partial charge in [0.25, 0.3) is 5.91 Å². The lowest BCUT2D eigenvalue weighted by Gasteiger charge is -2.16. The molecule has 0 unspecified atom stereocenters. The first-order valence-corrected chi connectivity index (χ1v) is 6.19. The molecule has 2 rings (SSSR count). The van der Waals surface area contributed by atoms with Crippen molar-refractivity contribution in [2.24, 2.45) is 5.73 Å². The molecular weight excluding hydrogens is 286 g/mol. The Morgan fingerprint density at radius 2 is 2.24 bits per heavy atom. The molecule has 1 aromatic rings. The minimum absolute atomic E-state index is 0.0632. The van der Waals surface area contributed by atoms with Gasteiger partial charge in [-0.25, -0.2) is 0 Å². The standard InChI is InChI=1S/C11H14BrN3O2/c1-14(6-10(13)16)11(17)9-4-7(12)5-15(9)8-2-3-8/h4-5,8H,2-3,6H2,1H3,(H2,13,16). The van der Waals surface area contributed by atoms with Crippen LogP contribution in [0.15, 0.2) is 16.7 Å². The summed E-state index contributed by atoms with van der Waals surface area (Å²) in [7, 11) is 1.57. The van der Waals surface area contributed by atoms with E-state index in [0.29, 0.717) is 11.7 Å². The number of carbonyl (C=O) groups is 2. The fourth-order valence-electron chi connectivity index (χ4n) is 1.77. The van der Waals surface area contributed by atoms with E-state index >= 15 is 0 Å². The van der Waals surface area contributed by atoms with Gasteiger partial charge in [0.05, 0.1) is 6.54 Å². The second-order valence-corrected chi connectivity index (χ2v) is 5.23. The Morgan fingerprint density at radius 1 is 1.59 bits per heavy atom. The summed E-state index contributed by atoms with van der Waals surface area (Å²) < 4.78 is 2.84. The normalized spacial score (nSPS) is 14.7. The highest BCUT2D eigenvalue weighted by molar-refractivity contribution is 9.10. The molecule has 0 aliphatic heterocycles. The van der Waals surface area contributed by atoms with Gasteiger partial charge in [0.2, 0.25) is 5.91 Å². The van der Waals surface area contributed by atoms with E-state index in [-0.39, 0.29) is 12.5 Å². The summed E-state index contributed by atoms with van der Waals surface area (Å²) in [5.41, 5.74) is 5.68. The maximum atomic E-state index is 12.1. The van der Waals surface area contributed by atoms with E-state index in [2.05, 4.69) is 15.9 Å². The van der Waals surface area contributed by atoms with E-state index < -0.39 is 5.91 Å². The highest BCUT2D eigenvalue weighted by Crippen LogP contribution is 2.37. The van der Waals surface area contributed by atoms with Crippen molar-refractivity contribution >= 4 is 27.7 Å². The van der Waals surface area contributed by atoms with Crippen LogP contribution in [0.4, 0.5) is 0 Å². The smallest absolute Gasteiger partial charge is 0.270 e. The lowest BCUT2D eigenvalue weighted by atomic mass is 10.3. The van der Waals surface area contributed by atoms with Crippen molar-refractivity contribution in [2.45, 2.75) is 18.9 Å². The molecule has 92 valence electrons. The summed E-state index contributed by atoms with van der Waals surface area (Å²) in [6, 6.07) is 2.19. The minimum atomic E-state index is -0.510. The fourth-order valence-corrected chi connectivity index (χ4v) is 2.21. The summed E-state index contributed by atoms with van der Waals surface area (Å²) >= 11 is 3.36. The zero-order valence-corrected chi connectivity index (χ0v) is 11.1. The number of hydrogen-bond donors (Lipinski definition) is 1. The third kappa shape index (κ3) is 2.69. The molecule has 0 bridgehead atoms. The van der Waals surface area contributed by atoms with Crippen LogP contribution in [0.5, 0.6) is 0 Å². The van der Waals surface area contributed by atoms with Crippen molar-refractivity contribution in [3.8, 4) is 0 Å². The Kier molecular flexibility index (Phi) is 3.24. The summed E-state index contributed by atoms with van der Waals surface area (Å²) in [5, 5.41) is 0. The van der Waals surface area contributed by atoms with Crippen LogP contribution in [0.2, 0.25) is 0 Å². The number of primary amides is 1. The summed E-state index contributed by atoms with van der Waals surface area (Å²) in [5.74, 6) is -0.689. The number of likely N-dealkylation sites (N-methyl/N-ethyl adjacent to an activating group) is 1. The molecule has 1 fully saturated rings. The van der Waals surface area contributed by atoms with Gasteiger partial charge in [-0.2, -0.15) is 0 Å². The highest BCUT2D eigenvalue weighted by Gasteiger charge is 2.28. The van der Waals surface area contributed by atoms with Crippen molar-refractivity contribution in [3.63, 3.8) is 0 Å². The number of rotatable bonds is 4. The predicted molar refractivity (Wildman–Crippen MR) is 66.6 cm³/mol. The number of nitrogens with two attached hydrogens (primary N) is 1. The van der Waals surface area contributed by atoms with Gasteiger partial charge in [-0.1, -0.05) is 0 Å². The molecule has 1 heterocycles. The zero-order chi connectivity index (χ0) is 12.6. The number of amides is 2. The van der Waals surface area contributed by atoms with Gasteiger partial charge in [-0.3, -0.25) is 9.59 Å². The molecule has 1 aliphatic rings. The minimum Gasteiger partial charge on any atom is -0.368 e. The third-order valence-electron chi connectivity index (χ3n) is 2.71. The number of nitrogens with zero attached hydrogens (tertiary/aromatic N) is 2. The Hall–Kier alpha value is -1.30. The largest absolute Gasteiger partial charge is 0.368 e. The molecule has 2 amide bonds.